The van der Waals surface area contributed by atoms with Crippen molar-refractivity contribution in [2.24, 2.45) is 0 Å². The molecule has 1 aromatic heterocycles. The van der Waals surface area contributed by atoms with Crippen molar-refractivity contribution in [2.75, 3.05) is 51.8 Å². The standard InChI is InChI=1S/C18H24N4O3/c1-24-15-5-3-14(4-6-15)16(23)13-21-9-11-22(12-10-21)18-19-8-7-17(20-18)25-2/h3-8,16,23H,9-13H2,1-2H3. The fourth-order valence-corrected chi connectivity index (χ4v) is 2.90. The number of rotatable bonds is 6. The third-order valence-electron chi connectivity index (χ3n) is 4.41. The molecular weight excluding hydrogens is 320 g/mol. The van der Waals surface area contributed by atoms with E-state index in [4.69, 9.17) is 9.47 Å². The average Bonchev–Trinajstić information content (AvgIpc) is 2.68. The fraction of sp³-hybridized carbons (Fsp3) is 0.444. The summed E-state index contributed by atoms with van der Waals surface area (Å²) in [4.78, 5) is 13.1. The van der Waals surface area contributed by atoms with Gasteiger partial charge in [-0.25, -0.2) is 4.98 Å². The van der Waals surface area contributed by atoms with Gasteiger partial charge in [-0.1, -0.05) is 12.1 Å². The van der Waals surface area contributed by atoms with E-state index in [-0.39, 0.29) is 0 Å². The molecule has 7 heteroatoms. The van der Waals surface area contributed by atoms with Crippen molar-refractivity contribution in [3.05, 3.63) is 42.1 Å². The van der Waals surface area contributed by atoms with Crippen LogP contribution in [0, 0.1) is 0 Å². The number of hydrogen-bond acceptors (Lipinski definition) is 7. The van der Waals surface area contributed by atoms with Crippen LogP contribution in [0.15, 0.2) is 36.5 Å². The summed E-state index contributed by atoms with van der Waals surface area (Å²) in [5, 5.41) is 10.5. The van der Waals surface area contributed by atoms with Crippen molar-refractivity contribution in [3.8, 4) is 11.6 Å². The Morgan fingerprint density at radius 2 is 1.76 bits per heavy atom. The normalized spacial score (nSPS) is 16.5. The third kappa shape index (κ3) is 4.37. The van der Waals surface area contributed by atoms with E-state index in [1.54, 1.807) is 26.5 Å². The second kappa shape index (κ2) is 8.13. The van der Waals surface area contributed by atoms with E-state index >= 15 is 0 Å². The molecular formula is C18H24N4O3. The van der Waals surface area contributed by atoms with E-state index in [1.165, 1.54) is 0 Å². The van der Waals surface area contributed by atoms with Crippen molar-refractivity contribution in [3.63, 3.8) is 0 Å². The Morgan fingerprint density at radius 3 is 2.40 bits per heavy atom. The monoisotopic (exact) mass is 344 g/mol. The van der Waals surface area contributed by atoms with Crippen LogP contribution in [0.2, 0.25) is 0 Å². The number of nitrogens with zero attached hydrogens (tertiary/aromatic N) is 4. The minimum atomic E-state index is -0.509. The number of aliphatic hydroxyl groups excluding tert-OH is 1. The molecule has 1 fully saturated rings. The molecule has 0 saturated carbocycles. The molecule has 1 aromatic carbocycles. The third-order valence-corrected chi connectivity index (χ3v) is 4.41. The van der Waals surface area contributed by atoms with Gasteiger partial charge in [0.15, 0.2) is 0 Å². The highest BCUT2D eigenvalue weighted by atomic mass is 16.5. The number of methoxy groups -OCH3 is 2. The van der Waals surface area contributed by atoms with Crippen LogP contribution in [-0.2, 0) is 0 Å². The highest BCUT2D eigenvalue weighted by Gasteiger charge is 2.21. The molecule has 1 aliphatic rings. The number of β-amino-alcohol motifs (C(OH)–C–C–N with tert-alkyl or cyclic N) is 1. The van der Waals surface area contributed by atoms with E-state index in [0.717, 1.165) is 37.5 Å². The zero-order valence-corrected chi connectivity index (χ0v) is 14.6. The lowest BCUT2D eigenvalue weighted by Crippen LogP contribution is -2.48. The highest BCUT2D eigenvalue weighted by molar-refractivity contribution is 5.33. The predicted octanol–water partition coefficient (Wildman–Crippen LogP) is 1.35. The van der Waals surface area contributed by atoms with Crippen molar-refractivity contribution in [2.45, 2.75) is 6.10 Å². The zero-order chi connectivity index (χ0) is 17.6. The Balaban J connectivity index is 1.53. The lowest BCUT2D eigenvalue weighted by molar-refractivity contribution is 0.109. The summed E-state index contributed by atoms with van der Waals surface area (Å²) in [6.45, 7) is 3.96. The lowest BCUT2D eigenvalue weighted by atomic mass is 10.1. The van der Waals surface area contributed by atoms with Crippen LogP contribution in [0.5, 0.6) is 11.6 Å². The van der Waals surface area contributed by atoms with Gasteiger partial charge in [0.25, 0.3) is 0 Å². The van der Waals surface area contributed by atoms with Gasteiger partial charge < -0.3 is 19.5 Å². The summed E-state index contributed by atoms with van der Waals surface area (Å²) < 4.78 is 10.3. The Bertz CT molecular complexity index is 672. The summed E-state index contributed by atoms with van der Waals surface area (Å²) in [5.41, 5.74) is 0.902. The Morgan fingerprint density at radius 1 is 1.04 bits per heavy atom. The van der Waals surface area contributed by atoms with Crippen LogP contribution < -0.4 is 14.4 Å². The predicted molar refractivity (Wildman–Crippen MR) is 95.2 cm³/mol. The molecule has 0 aliphatic carbocycles. The summed E-state index contributed by atoms with van der Waals surface area (Å²) >= 11 is 0. The Kier molecular flexibility index (Phi) is 5.67. The van der Waals surface area contributed by atoms with Crippen molar-refractivity contribution in [1.82, 2.24) is 14.9 Å². The quantitative estimate of drug-likeness (QED) is 0.848. The van der Waals surface area contributed by atoms with Gasteiger partial charge in [-0.3, -0.25) is 4.90 Å². The van der Waals surface area contributed by atoms with Gasteiger partial charge in [-0.2, -0.15) is 4.98 Å². The van der Waals surface area contributed by atoms with Gasteiger partial charge in [0.1, 0.15) is 5.75 Å². The van der Waals surface area contributed by atoms with E-state index in [0.29, 0.717) is 18.4 Å². The number of hydrogen-bond donors (Lipinski definition) is 1. The molecule has 0 radical (unpaired) electrons. The Labute approximate surface area is 147 Å². The first kappa shape index (κ1) is 17.4. The van der Waals surface area contributed by atoms with E-state index in [1.807, 2.05) is 24.3 Å². The minimum absolute atomic E-state index is 0.509. The maximum Gasteiger partial charge on any atom is 0.228 e. The summed E-state index contributed by atoms with van der Waals surface area (Å²) in [5.74, 6) is 2.06. The van der Waals surface area contributed by atoms with Gasteiger partial charge in [0.05, 0.1) is 20.3 Å². The van der Waals surface area contributed by atoms with Gasteiger partial charge in [-0.15, -0.1) is 0 Å². The summed E-state index contributed by atoms with van der Waals surface area (Å²) in [6, 6.07) is 9.30. The molecule has 7 nitrogen and oxygen atoms in total. The first-order chi connectivity index (χ1) is 12.2. The fourth-order valence-electron chi connectivity index (χ4n) is 2.90. The van der Waals surface area contributed by atoms with Gasteiger partial charge in [-0.05, 0) is 17.7 Å². The SMILES string of the molecule is COc1ccc(C(O)CN2CCN(c3nccc(OC)n3)CC2)cc1. The molecule has 1 atom stereocenters. The van der Waals surface area contributed by atoms with Crippen LogP contribution in [0.1, 0.15) is 11.7 Å². The summed E-state index contributed by atoms with van der Waals surface area (Å²) in [6.07, 6.45) is 1.20. The molecule has 1 N–H and O–H groups in total. The molecule has 0 amide bonds. The number of anilines is 1. The van der Waals surface area contributed by atoms with Crippen molar-refractivity contribution >= 4 is 5.95 Å². The molecule has 1 aliphatic heterocycles. The minimum Gasteiger partial charge on any atom is -0.497 e. The molecule has 0 spiro atoms. The second-order valence-corrected chi connectivity index (χ2v) is 5.98. The molecule has 134 valence electrons. The van der Waals surface area contributed by atoms with Crippen LogP contribution in [-0.4, -0.2) is 66.9 Å². The van der Waals surface area contributed by atoms with Gasteiger partial charge in [0.2, 0.25) is 11.8 Å². The maximum atomic E-state index is 10.5. The van der Waals surface area contributed by atoms with Crippen LogP contribution in [0.3, 0.4) is 0 Å². The molecule has 25 heavy (non-hydrogen) atoms. The number of ether oxygens (including phenoxy) is 2. The first-order valence-corrected chi connectivity index (χ1v) is 8.36. The highest BCUT2D eigenvalue weighted by Crippen LogP contribution is 2.20. The average molecular weight is 344 g/mol. The summed E-state index contributed by atoms with van der Waals surface area (Å²) in [7, 11) is 3.24. The largest absolute Gasteiger partial charge is 0.497 e. The lowest BCUT2D eigenvalue weighted by Gasteiger charge is -2.35. The Hall–Kier alpha value is -2.38. The van der Waals surface area contributed by atoms with E-state index < -0.39 is 6.10 Å². The number of aliphatic hydroxyl groups is 1. The molecule has 2 aromatic rings. The maximum absolute atomic E-state index is 10.5. The smallest absolute Gasteiger partial charge is 0.228 e. The van der Waals surface area contributed by atoms with Crippen molar-refractivity contribution in [1.29, 1.82) is 0 Å². The zero-order valence-electron chi connectivity index (χ0n) is 14.6. The molecule has 1 unspecified atom stereocenters. The van der Waals surface area contributed by atoms with E-state index in [2.05, 4.69) is 19.8 Å². The van der Waals surface area contributed by atoms with Crippen LogP contribution in [0.4, 0.5) is 5.95 Å². The molecule has 2 heterocycles. The number of benzene rings is 1. The van der Waals surface area contributed by atoms with Gasteiger partial charge >= 0.3 is 0 Å². The van der Waals surface area contributed by atoms with Crippen LogP contribution >= 0.6 is 0 Å². The molecule has 3 rings (SSSR count). The van der Waals surface area contributed by atoms with Crippen molar-refractivity contribution < 1.29 is 14.6 Å². The topological polar surface area (TPSA) is 71.0 Å². The first-order valence-electron chi connectivity index (χ1n) is 8.36. The van der Waals surface area contributed by atoms with E-state index in [9.17, 15) is 5.11 Å². The van der Waals surface area contributed by atoms with Gasteiger partial charge in [0, 0.05) is 45.0 Å². The van der Waals surface area contributed by atoms with Crippen LogP contribution in [0.25, 0.3) is 0 Å². The number of aromatic nitrogens is 2. The molecule has 0 bridgehead atoms. The molecule has 1 saturated heterocycles. The number of piperazine rings is 1. The second-order valence-electron chi connectivity index (χ2n) is 5.98.